The fourth-order valence-corrected chi connectivity index (χ4v) is 3.50. The number of aliphatic hydroxyl groups excluding tert-OH is 1. The van der Waals surface area contributed by atoms with Crippen LogP contribution >= 0.6 is 0 Å². The van der Waals surface area contributed by atoms with Crippen molar-refractivity contribution in [3.8, 4) is 0 Å². The van der Waals surface area contributed by atoms with E-state index in [0.717, 1.165) is 12.1 Å². The van der Waals surface area contributed by atoms with E-state index in [2.05, 4.69) is 53.5 Å². The molecule has 2 aromatic rings. The molecule has 2 N–H and O–H groups in total. The molecule has 0 amide bonds. The molecule has 0 fully saturated rings. The lowest BCUT2D eigenvalue weighted by Crippen LogP contribution is -2.40. The van der Waals surface area contributed by atoms with E-state index in [9.17, 15) is 5.11 Å². The van der Waals surface area contributed by atoms with E-state index < -0.39 is 6.10 Å². The molecular formula is C19H24N2O. The molecule has 2 unspecified atom stereocenters. The monoisotopic (exact) mass is 296 g/mol. The number of hydrogen-bond donors (Lipinski definition) is 2. The molecule has 1 aliphatic rings. The molecule has 0 bridgehead atoms. The smallest absolute Gasteiger partial charge is 0.0909 e. The Balaban J connectivity index is 2.00. The van der Waals surface area contributed by atoms with Crippen molar-refractivity contribution in [3.63, 3.8) is 0 Å². The van der Waals surface area contributed by atoms with Crippen molar-refractivity contribution in [1.29, 1.82) is 0 Å². The number of hydrogen-bond acceptors (Lipinski definition) is 3. The van der Waals surface area contributed by atoms with Crippen LogP contribution in [0.25, 0.3) is 0 Å². The lowest BCUT2D eigenvalue weighted by Gasteiger charge is -2.34. The van der Waals surface area contributed by atoms with E-state index in [0.29, 0.717) is 12.5 Å². The van der Waals surface area contributed by atoms with Crippen LogP contribution in [0, 0.1) is 0 Å². The van der Waals surface area contributed by atoms with Gasteiger partial charge in [0.05, 0.1) is 12.1 Å². The second kappa shape index (κ2) is 6.51. The summed E-state index contributed by atoms with van der Waals surface area (Å²) in [6.45, 7) is 3.78. The molecule has 3 atom stereocenters. The number of rotatable bonds is 5. The molecule has 3 rings (SSSR count). The van der Waals surface area contributed by atoms with E-state index in [1.54, 1.807) is 0 Å². The van der Waals surface area contributed by atoms with Crippen molar-refractivity contribution in [1.82, 2.24) is 5.32 Å². The molecule has 0 aliphatic carbocycles. The molecule has 3 heteroatoms. The van der Waals surface area contributed by atoms with Gasteiger partial charge in [-0.15, -0.1) is 0 Å². The quantitative estimate of drug-likeness (QED) is 0.890. The fourth-order valence-electron chi connectivity index (χ4n) is 3.50. The van der Waals surface area contributed by atoms with Crippen molar-refractivity contribution in [2.45, 2.75) is 25.0 Å². The van der Waals surface area contributed by atoms with Gasteiger partial charge in [-0.25, -0.2) is 0 Å². The highest BCUT2D eigenvalue weighted by molar-refractivity contribution is 5.61. The Morgan fingerprint density at radius 3 is 2.55 bits per heavy atom. The van der Waals surface area contributed by atoms with Crippen LogP contribution in [0.3, 0.4) is 0 Å². The topological polar surface area (TPSA) is 35.5 Å². The Kier molecular flexibility index (Phi) is 4.46. The number of benzene rings is 2. The van der Waals surface area contributed by atoms with Gasteiger partial charge in [-0.2, -0.15) is 0 Å². The third-order valence-electron chi connectivity index (χ3n) is 4.50. The van der Waals surface area contributed by atoms with Gasteiger partial charge in [0.1, 0.15) is 0 Å². The minimum atomic E-state index is -0.453. The maximum atomic E-state index is 10.7. The highest BCUT2D eigenvalue weighted by atomic mass is 16.3. The minimum absolute atomic E-state index is 0.0280. The second-order valence-corrected chi connectivity index (χ2v) is 6.09. The third kappa shape index (κ3) is 2.74. The van der Waals surface area contributed by atoms with E-state index in [4.69, 9.17) is 0 Å². The van der Waals surface area contributed by atoms with Gasteiger partial charge in [0.15, 0.2) is 0 Å². The maximum absolute atomic E-state index is 10.7. The molecule has 0 saturated carbocycles. The zero-order valence-electron chi connectivity index (χ0n) is 13.2. The van der Waals surface area contributed by atoms with Gasteiger partial charge < -0.3 is 15.3 Å². The van der Waals surface area contributed by atoms with Crippen LogP contribution in [-0.4, -0.2) is 31.3 Å². The van der Waals surface area contributed by atoms with Crippen LogP contribution in [0.4, 0.5) is 5.69 Å². The first-order valence-electron chi connectivity index (χ1n) is 7.95. The molecule has 116 valence electrons. The predicted octanol–water partition coefficient (Wildman–Crippen LogP) is 2.93. The van der Waals surface area contributed by atoms with E-state index in [-0.39, 0.29) is 6.04 Å². The van der Waals surface area contributed by atoms with Gasteiger partial charge in [-0.3, -0.25) is 0 Å². The summed E-state index contributed by atoms with van der Waals surface area (Å²) in [5.41, 5.74) is 3.79. The average Bonchev–Trinajstić information content (AvgIpc) is 2.86. The number of nitrogens with zero attached hydrogens (tertiary/aromatic N) is 1. The van der Waals surface area contributed by atoms with Gasteiger partial charge >= 0.3 is 0 Å². The Morgan fingerprint density at radius 2 is 1.82 bits per heavy atom. The fraction of sp³-hybridized carbons (Fsp3) is 0.368. The standard InChI is InChI=1S/C19H24N2O/c1-14-13-21(17-11-7-6-10-16(14)17)19(18(22)12-20-2)15-8-4-3-5-9-15/h3-11,14,18-20,22H,12-13H2,1-2H3/t14?,18-,19?/m1/s1. The van der Waals surface area contributed by atoms with Crippen LogP contribution in [0.5, 0.6) is 0 Å². The van der Waals surface area contributed by atoms with Crippen LogP contribution in [0.15, 0.2) is 54.6 Å². The van der Waals surface area contributed by atoms with Gasteiger partial charge in [-0.05, 0) is 24.2 Å². The summed E-state index contributed by atoms with van der Waals surface area (Å²) >= 11 is 0. The minimum Gasteiger partial charge on any atom is -0.389 e. The number of para-hydroxylation sites is 1. The molecule has 3 nitrogen and oxygen atoms in total. The van der Waals surface area contributed by atoms with Crippen LogP contribution in [0.2, 0.25) is 0 Å². The predicted molar refractivity (Wildman–Crippen MR) is 91.3 cm³/mol. The van der Waals surface area contributed by atoms with Gasteiger partial charge in [0.25, 0.3) is 0 Å². The van der Waals surface area contributed by atoms with Crippen molar-refractivity contribution in [2.24, 2.45) is 0 Å². The number of aliphatic hydroxyl groups is 1. The lowest BCUT2D eigenvalue weighted by molar-refractivity contribution is 0.141. The summed E-state index contributed by atoms with van der Waals surface area (Å²) in [6.07, 6.45) is -0.453. The highest BCUT2D eigenvalue weighted by Crippen LogP contribution is 2.41. The zero-order valence-corrected chi connectivity index (χ0v) is 13.2. The summed E-state index contributed by atoms with van der Waals surface area (Å²) in [5.74, 6) is 0.490. The lowest BCUT2D eigenvalue weighted by atomic mass is 9.99. The van der Waals surface area contributed by atoms with Crippen molar-refractivity contribution >= 4 is 5.69 Å². The normalized spacial score (nSPS) is 19.8. The molecule has 0 radical (unpaired) electrons. The van der Waals surface area contributed by atoms with Gasteiger partial charge in [0, 0.05) is 24.7 Å². The Morgan fingerprint density at radius 1 is 1.14 bits per heavy atom. The molecule has 22 heavy (non-hydrogen) atoms. The van der Waals surface area contributed by atoms with Crippen LogP contribution < -0.4 is 10.2 Å². The first kappa shape index (κ1) is 15.1. The summed E-state index contributed by atoms with van der Waals surface area (Å²) in [6, 6.07) is 18.8. The highest BCUT2D eigenvalue weighted by Gasteiger charge is 2.34. The number of fused-ring (bicyclic) bond motifs is 1. The zero-order chi connectivity index (χ0) is 15.5. The number of likely N-dealkylation sites (N-methyl/N-ethyl adjacent to an activating group) is 1. The van der Waals surface area contributed by atoms with E-state index in [1.165, 1.54) is 11.3 Å². The van der Waals surface area contributed by atoms with Crippen molar-refractivity contribution < 1.29 is 5.11 Å². The Bertz CT molecular complexity index is 614. The van der Waals surface area contributed by atoms with E-state index >= 15 is 0 Å². The first-order valence-corrected chi connectivity index (χ1v) is 7.95. The summed E-state index contributed by atoms with van der Waals surface area (Å²) < 4.78 is 0. The number of anilines is 1. The first-order chi connectivity index (χ1) is 10.7. The second-order valence-electron chi connectivity index (χ2n) is 6.09. The largest absolute Gasteiger partial charge is 0.389 e. The summed E-state index contributed by atoms with van der Waals surface area (Å²) in [4.78, 5) is 2.36. The maximum Gasteiger partial charge on any atom is 0.0909 e. The Labute approximate surface area is 132 Å². The van der Waals surface area contributed by atoms with E-state index in [1.807, 2.05) is 25.2 Å². The molecule has 1 heterocycles. The molecule has 0 saturated heterocycles. The van der Waals surface area contributed by atoms with Crippen LogP contribution in [-0.2, 0) is 0 Å². The van der Waals surface area contributed by atoms with Crippen LogP contribution in [0.1, 0.15) is 30.0 Å². The van der Waals surface area contributed by atoms with Crippen molar-refractivity contribution in [3.05, 3.63) is 65.7 Å². The molecule has 1 aliphatic heterocycles. The summed E-state index contributed by atoms with van der Waals surface area (Å²) in [7, 11) is 1.88. The molecule has 0 spiro atoms. The molecule has 0 aromatic heterocycles. The van der Waals surface area contributed by atoms with Gasteiger partial charge in [-0.1, -0.05) is 55.5 Å². The Hall–Kier alpha value is -1.84. The molecule has 2 aromatic carbocycles. The SMILES string of the molecule is CNC[C@@H](O)C(c1ccccc1)N1CC(C)c2ccccc21. The molecular weight excluding hydrogens is 272 g/mol. The summed E-state index contributed by atoms with van der Waals surface area (Å²) in [5, 5.41) is 13.8. The third-order valence-corrected chi connectivity index (χ3v) is 4.50. The number of nitrogens with one attached hydrogen (secondary N) is 1. The van der Waals surface area contributed by atoms with Crippen molar-refractivity contribution in [2.75, 3.05) is 25.0 Å². The average molecular weight is 296 g/mol. The van der Waals surface area contributed by atoms with Gasteiger partial charge in [0.2, 0.25) is 0 Å².